The standard InChI is InChI=1S/C9H8BF3NO2.K/c1-15-9-4-7(5-14)2-3-8(9)16-6-10(11,12)13;/h2-4H,6H2,1H3;/q-1;+1. The maximum atomic E-state index is 12.0. The molecule has 0 amide bonds. The Bertz CT molecular complexity index is 420. The minimum Gasteiger partial charge on any atom is -0.519 e. The first kappa shape index (κ1) is 16.8. The van der Waals surface area contributed by atoms with Crippen molar-refractivity contribution in [3.63, 3.8) is 0 Å². The molecule has 0 aliphatic rings. The Morgan fingerprint density at radius 3 is 2.41 bits per heavy atom. The summed E-state index contributed by atoms with van der Waals surface area (Å²) in [7, 11) is 1.29. The SMILES string of the molecule is COc1cc(C#N)ccc1OC[B-](F)(F)F.[K+]. The topological polar surface area (TPSA) is 42.2 Å². The van der Waals surface area contributed by atoms with Crippen molar-refractivity contribution in [2.24, 2.45) is 0 Å². The zero-order chi connectivity index (χ0) is 12.2. The number of nitriles is 1. The third-order valence-corrected chi connectivity index (χ3v) is 1.72. The van der Waals surface area contributed by atoms with Crippen LogP contribution in [0.2, 0.25) is 0 Å². The van der Waals surface area contributed by atoms with E-state index in [0.29, 0.717) is 5.56 Å². The van der Waals surface area contributed by atoms with Gasteiger partial charge in [-0.2, -0.15) is 5.26 Å². The molecule has 1 aromatic rings. The fourth-order valence-corrected chi connectivity index (χ4v) is 1.04. The van der Waals surface area contributed by atoms with Gasteiger partial charge in [-0.15, -0.1) is 0 Å². The number of hydrogen-bond acceptors (Lipinski definition) is 3. The van der Waals surface area contributed by atoms with Crippen LogP contribution < -0.4 is 60.9 Å². The first-order valence-electron chi connectivity index (χ1n) is 4.38. The van der Waals surface area contributed by atoms with Gasteiger partial charge in [-0.25, -0.2) is 0 Å². The molecule has 8 heteroatoms. The van der Waals surface area contributed by atoms with Gasteiger partial charge in [0.05, 0.1) is 25.2 Å². The third kappa shape index (κ3) is 5.79. The van der Waals surface area contributed by atoms with Crippen LogP contribution in [0.1, 0.15) is 5.56 Å². The predicted octanol–water partition coefficient (Wildman–Crippen LogP) is -0.664. The molecule has 0 aliphatic heterocycles. The van der Waals surface area contributed by atoms with Gasteiger partial charge in [-0.05, 0) is 12.1 Å². The number of nitrogens with zero attached hydrogens (tertiary/aromatic N) is 1. The molecule has 0 heterocycles. The molecule has 0 fully saturated rings. The second-order valence-electron chi connectivity index (χ2n) is 3.00. The van der Waals surface area contributed by atoms with Gasteiger partial charge in [0.15, 0.2) is 11.5 Å². The summed E-state index contributed by atoms with van der Waals surface area (Å²) in [6.45, 7) is -6.34. The van der Waals surface area contributed by atoms with Crippen molar-refractivity contribution in [2.75, 3.05) is 13.6 Å². The van der Waals surface area contributed by atoms with E-state index in [9.17, 15) is 12.9 Å². The molecule has 0 aromatic heterocycles. The van der Waals surface area contributed by atoms with Crippen LogP contribution in [0.5, 0.6) is 11.5 Å². The van der Waals surface area contributed by atoms with E-state index < -0.39 is 13.5 Å². The summed E-state index contributed by atoms with van der Waals surface area (Å²) in [6, 6.07) is 5.80. The molecule has 0 saturated heterocycles. The number of halogens is 3. The third-order valence-electron chi connectivity index (χ3n) is 1.72. The van der Waals surface area contributed by atoms with Gasteiger partial charge in [0.25, 0.3) is 0 Å². The number of benzene rings is 1. The van der Waals surface area contributed by atoms with Crippen LogP contribution >= 0.6 is 0 Å². The van der Waals surface area contributed by atoms with Crippen LogP contribution in [0.15, 0.2) is 18.2 Å². The molecular weight excluding hydrogens is 261 g/mol. The van der Waals surface area contributed by atoms with E-state index >= 15 is 0 Å². The van der Waals surface area contributed by atoms with Gasteiger partial charge in [0.2, 0.25) is 0 Å². The molecule has 1 aromatic carbocycles. The first-order valence-corrected chi connectivity index (χ1v) is 4.38. The van der Waals surface area contributed by atoms with Crippen LogP contribution in [-0.2, 0) is 0 Å². The van der Waals surface area contributed by atoms with Crippen molar-refractivity contribution in [3.05, 3.63) is 23.8 Å². The Balaban J connectivity index is 0.00000256. The maximum Gasteiger partial charge on any atom is 1.00 e. The van der Waals surface area contributed by atoms with E-state index in [0.717, 1.165) is 0 Å². The van der Waals surface area contributed by atoms with Gasteiger partial charge in [0.1, 0.15) is 0 Å². The van der Waals surface area contributed by atoms with Crippen LogP contribution in [0.3, 0.4) is 0 Å². The van der Waals surface area contributed by atoms with E-state index in [2.05, 4.69) is 4.74 Å². The zero-order valence-electron chi connectivity index (χ0n) is 9.41. The number of hydrogen-bond donors (Lipinski definition) is 0. The Kier molecular flexibility index (Phi) is 7.20. The largest absolute Gasteiger partial charge is 1.00 e. The van der Waals surface area contributed by atoms with Crippen molar-refractivity contribution >= 4 is 6.98 Å². The molecule has 0 radical (unpaired) electrons. The molecule has 0 N–H and O–H groups in total. The average Bonchev–Trinajstić information content (AvgIpc) is 2.25. The summed E-state index contributed by atoms with van der Waals surface area (Å²) >= 11 is 0. The van der Waals surface area contributed by atoms with E-state index in [1.54, 1.807) is 0 Å². The van der Waals surface area contributed by atoms with Crippen LogP contribution in [0.4, 0.5) is 12.9 Å². The summed E-state index contributed by atoms with van der Waals surface area (Å²) in [6.07, 6.45) is 0. The molecule has 0 saturated carbocycles. The molecule has 0 unspecified atom stereocenters. The normalized spacial score (nSPS) is 10.1. The summed E-state index contributed by atoms with van der Waals surface area (Å²) in [5.41, 5.74) is 0.293. The maximum absolute atomic E-state index is 12.0. The number of ether oxygens (including phenoxy) is 2. The molecule has 3 nitrogen and oxygen atoms in total. The Morgan fingerprint density at radius 2 is 1.94 bits per heavy atom. The fourth-order valence-electron chi connectivity index (χ4n) is 1.04. The molecule has 0 spiro atoms. The van der Waals surface area contributed by atoms with Crippen molar-refractivity contribution in [1.29, 1.82) is 5.26 Å². The fraction of sp³-hybridized carbons (Fsp3) is 0.222. The Hall–Kier alpha value is -0.199. The molecule has 0 atom stereocenters. The van der Waals surface area contributed by atoms with Crippen molar-refractivity contribution in [2.45, 2.75) is 0 Å². The van der Waals surface area contributed by atoms with Gasteiger partial charge in [-0.1, -0.05) is 0 Å². The first-order chi connectivity index (χ1) is 7.46. The van der Waals surface area contributed by atoms with Crippen molar-refractivity contribution < 1.29 is 73.8 Å². The van der Waals surface area contributed by atoms with Gasteiger partial charge in [-0.3, -0.25) is 0 Å². The quantitative estimate of drug-likeness (QED) is 0.681. The second kappa shape index (κ2) is 7.28. The molecule has 1 rings (SSSR count). The summed E-state index contributed by atoms with van der Waals surface area (Å²) in [4.78, 5) is 0. The number of rotatable bonds is 4. The van der Waals surface area contributed by atoms with Gasteiger partial charge >= 0.3 is 58.4 Å². The summed E-state index contributed by atoms with van der Waals surface area (Å²) < 4.78 is 45.3. The monoisotopic (exact) mass is 269 g/mol. The van der Waals surface area contributed by atoms with Crippen molar-refractivity contribution in [1.82, 2.24) is 0 Å². The zero-order valence-corrected chi connectivity index (χ0v) is 12.5. The molecular formula is C9H8BF3KNO2. The van der Waals surface area contributed by atoms with E-state index in [1.807, 2.05) is 6.07 Å². The molecule has 0 aliphatic carbocycles. The smallest absolute Gasteiger partial charge is 0.519 e. The summed E-state index contributed by atoms with van der Waals surface area (Å²) in [5, 5.41) is 8.58. The second-order valence-corrected chi connectivity index (χ2v) is 3.00. The van der Waals surface area contributed by atoms with E-state index in [4.69, 9.17) is 10.00 Å². The molecule has 0 bridgehead atoms. The van der Waals surface area contributed by atoms with Crippen LogP contribution in [-0.4, -0.2) is 20.6 Å². The Labute approximate surface area is 139 Å². The van der Waals surface area contributed by atoms with Gasteiger partial charge < -0.3 is 22.4 Å². The predicted molar refractivity (Wildman–Crippen MR) is 52.3 cm³/mol. The Morgan fingerprint density at radius 1 is 1.29 bits per heavy atom. The van der Waals surface area contributed by atoms with Crippen molar-refractivity contribution in [3.8, 4) is 17.6 Å². The minimum atomic E-state index is -5.01. The molecule has 86 valence electrons. The van der Waals surface area contributed by atoms with E-state index in [1.165, 1.54) is 25.3 Å². The average molecular weight is 269 g/mol. The number of methoxy groups -OCH3 is 1. The molecule has 17 heavy (non-hydrogen) atoms. The van der Waals surface area contributed by atoms with Gasteiger partial charge in [0, 0.05) is 6.07 Å². The summed E-state index contributed by atoms with van der Waals surface area (Å²) in [5.74, 6) is 0.0831. The van der Waals surface area contributed by atoms with Crippen LogP contribution in [0, 0.1) is 11.3 Å². The van der Waals surface area contributed by atoms with Crippen LogP contribution in [0.25, 0.3) is 0 Å². The minimum absolute atomic E-state index is 0. The van der Waals surface area contributed by atoms with E-state index in [-0.39, 0.29) is 62.9 Å².